The van der Waals surface area contributed by atoms with E-state index in [2.05, 4.69) is 21.0 Å². The summed E-state index contributed by atoms with van der Waals surface area (Å²) in [7, 11) is 1.74. The summed E-state index contributed by atoms with van der Waals surface area (Å²) in [4.78, 5) is 27.3. The van der Waals surface area contributed by atoms with E-state index in [9.17, 15) is 9.59 Å². The minimum absolute atomic E-state index is 0.00421. The first kappa shape index (κ1) is 18.5. The summed E-state index contributed by atoms with van der Waals surface area (Å²) in [5.41, 5.74) is 0.716. The lowest BCUT2D eigenvalue weighted by Gasteiger charge is -2.32. The number of aryl methyl sites for hydroxylation is 1. The van der Waals surface area contributed by atoms with Gasteiger partial charge in [-0.1, -0.05) is 34.8 Å². The first-order valence-electron chi connectivity index (χ1n) is 9.75. The van der Waals surface area contributed by atoms with Crippen LogP contribution in [0.3, 0.4) is 0 Å². The molecule has 0 bridgehead atoms. The number of rotatable bonds is 3. The number of likely N-dealkylation sites (tertiary alicyclic amines) is 1. The Morgan fingerprint density at radius 2 is 1.85 bits per heavy atom. The van der Waals surface area contributed by atoms with Gasteiger partial charge in [0.1, 0.15) is 5.82 Å². The smallest absolute Gasteiger partial charge is 0.339 e. The molecule has 0 N–H and O–H groups in total. The molecule has 1 aromatic heterocycles. The van der Waals surface area contributed by atoms with Gasteiger partial charge in [-0.3, -0.25) is 9.36 Å². The summed E-state index contributed by atoms with van der Waals surface area (Å²) in [5.74, 6) is 1.24. The van der Waals surface area contributed by atoms with Crippen molar-refractivity contribution in [3.8, 4) is 0 Å². The minimum Gasteiger partial charge on any atom is -0.339 e. The molecule has 0 atom stereocenters. The Balaban J connectivity index is 1.49. The minimum atomic E-state index is 0.00421. The molecule has 1 aliphatic heterocycles. The van der Waals surface area contributed by atoms with Gasteiger partial charge in [0.15, 0.2) is 0 Å². The first-order valence-corrected chi connectivity index (χ1v) is 10.5. The number of hydrogen-bond donors (Lipinski definition) is 0. The van der Waals surface area contributed by atoms with Crippen LogP contribution >= 0.6 is 15.9 Å². The summed E-state index contributed by atoms with van der Waals surface area (Å²) in [6, 6.07) is 7.83. The number of piperidine rings is 1. The monoisotopic (exact) mass is 432 g/mol. The van der Waals surface area contributed by atoms with Gasteiger partial charge in [-0.2, -0.15) is 5.10 Å². The molecule has 1 saturated carbocycles. The second kappa shape index (κ2) is 7.62. The van der Waals surface area contributed by atoms with Crippen LogP contribution in [0, 0.1) is 0 Å². The molecule has 1 saturated heterocycles. The zero-order valence-electron chi connectivity index (χ0n) is 15.6. The van der Waals surface area contributed by atoms with E-state index >= 15 is 0 Å². The lowest BCUT2D eigenvalue weighted by molar-refractivity contribution is 0.0709. The molecule has 27 heavy (non-hydrogen) atoms. The Morgan fingerprint density at radius 1 is 1.15 bits per heavy atom. The summed E-state index contributed by atoms with van der Waals surface area (Å²) < 4.78 is 4.34. The molecule has 2 aliphatic rings. The number of aromatic nitrogens is 3. The van der Waals surface area contributed by atoms with Crippen LogP contribution in [-0.4, -0.2) is 38.2 Å². The Hall–Kier alpha value is -1.89. The van der Waals surface area contributed by atoms with Gasteiger partial charge in [0.05, 0.1) is 0 Å². The van der Waals surface area contributed by atoms with E-state index in [1.165, 1.54) is 17.5 Å². The van der Waals surface area contributed by atoms with Crippen molar-refractivity contribution in [1.82, 2.24) is 19.2 Å². The lowest BCUT2D eigenvalue weighted by atomic mass is 9.95. The van der Waals surface area contributed by atoms with Gasteiger partial charge >= 0.3 is 5.69 Å². The third-order valence-electron chi connectivity index (χ3n) is 5.89. The SMILES string of the molecule is Cn1nc(C2CCN(C(=O)c3cccc(Br)c3)CC2)n(C2CCCC2)c1=O. The summed E-state index contributed by atoms with van der Waals surface area (Å²) >= 11 is 3.43. The highest BCUT2D eigenvalue weighted by Gasteiger charge is 2.31. The number of halogens is 1. The Labute approximate surface area is 167 Å². The van der Waals surface area contributed by atoms with Crippen LogP contribution in [0.25, 0.3) is 0 Å². The summed E-state index contributed by atoms with van der Waals surface area (Å²) in [5, 5.41) is 4.58. The van der Waals surface area contributed by atoms with E-state index in [-0.39, 0.29) is 17.5 Å². The van der Waals surface area contributed by atoms with Crippen molar-refractivity contribution < 1.29 is 4.79 Å². The summed E-state index contributed by atoms with van der Waals surface area (Å²) in [6.07, 6.45) is 6.21. The van der Waals surface area contributed by atoms with Gasteiger partial charge in [0.25, 0.3) is 5.91 Å². The highest BCUT2D eigenvalue weighted by atomic mass is 79.9. The maximum absolute atomic E-state index is 12.8. The van der Waals surface area contributed by atoms with Gasteiger partial charge < -0.3 is 4.90 Å². The molecule has 2 heterocycles. The van der Waals surface area contributed by atoms with Gasteiger partial charge in [0, 0.05) is 42.1 Å². The van der Waals surface area contributed by atoms with Crippen molar-refractivity contribution in [3.63, 3.8) is 0 Å². The summed E-state index contributed by atoms with van der Waals surface area (Å²) in [6.45, 7) is 1.40. The van der Waals surface area contributed by atoms with E-state index in [0.29, 0.717) is 24.7 Å². The van der Waals surface area contributed by atoms with E-state index in [4.69, 9.17) is 0 Å². The highest BCUT2D eigenvalue weighted by molar-refractivity contribution is 9.10. The van der Waals surface area contributed by atoms with Gasteiger partial charge in [-0.25, -0.2) is 9.48 Å². The van der Waals surface area contributed by atoms with Crippen LogP contribution in [0.15, 0.2) is 33.5 Å². The van der Waals surface area contributed by atoms with E-state index in [1.54, 1.807) is 7.05 Å². The van der Waals surface area contributed by atoms with Crippen LogP contribution in [0.1, 0.15) is 66.7 Å². The first-order chi connectivity index (χ1) is 13.0. The Bertz CT molecular complexity index is 890. The second-order valence-electron chi connectivity index (χ2n) is 7.65. The van der Waals surface area contributed by atoms with E-state index in [1.807, 2.05) is 33.7 Å². The van der Waals surface area contributed by atoms with Crippen molar-refractivity contribution >= 4 is 21.8 Å². The third kappa shape index (κ3) is 3.61. The predicted molar refractivity (Wildman–Crippen MR) is 107 cm³/mol. The predicted octanol–water partition coefficient (Wildman–Crippen LogP) is 3.48. The average molecular weight is 433 g/mol. The fourth-order valence-corrected chi connectivity index (χ4v) is 4.83. The van der Waals surface area contributed by atoms with Crippen molar-refractivity contribution in [2.24, 2.45) is 7.05 Å². The van der Waals surface area contributed by atoms with Crippen LogP contribution < -0.4 is 5.69 Å². The van der Waals surface area contributed by atoms with Gasteiger partial charge in [-0.05, 0) is 43.9 Å². The number of amides is 1. The van der Waals surface area contributed by atoms with Crippen LogP contribution in [-0.2, 0) is 7.05 Å². The van der Waals surface area contributed by atoms with Crippen molar-refractivity contribution in [3.05, 3.63) is 50.6 Å². The fraction of sp³-hybridized carbons (Fsp3) is 0.550. The maximum atomic E-state index is 12.8. The van der Waals surface area contributed by atoms with Gasteiger partial charge in [-0.15, -0.1) is 0 Å². The molecule has 7 heteroatoms. The van der Waals surface area contributed by atoms with Crippen LogP contribution in [0.5, 0.6) is 0 Å². The van der Waals surface area contributed by atoms with E-state index < -0.39 is 0 Å². The zero-order valence-corrected chi connectivity index (χ0v) is 17.2. The molecule has 1 amide bonds. The van der Waals surface area contributed by atoms with Crippen molar-refractivity contribution in [1.29, 1.82) is 0 Å². The average Bonchev–Trinajstić information content (AvgIpc) is 3.30. The molecule has 4 rings (SSSR count). The van der Waals surface area contributed by atoms with Crippen LogP contribution in [0.2, 0.25) is 0 Å². The van der Waals surface area contributed by atoms with Gasteiger partial charge in [0.2, 0.25) is 0 Å². The molecule has 2 fully saturated rings. The number of nitrogens with zero attached hydrogens (tertiary/aromatic N) is 4. The Kier molecular flexibility index (Phi) is 5.21. The molecule has 6 nitrogen and oxygen atoms in total. The Morgan fingerprint density at radius 3 is 2.52 bits per heavy atom. The highest BCUT2D eigenvalue weighted by Crippen LogP contribution is 2.33. The topological polar surface area (TPSA) is 60.1 Å². The number of hydrogen-bond acceptors (Lipinski definition) is 3. The molecule has 1 aromatic carbocycles. The molecular weight excluding hydrogens is 408 g/mol. The van der Waals surface area contributed by atoms with Crippen molar-refractivity contribution in [2.45, 2.75) is 50.5 Å². The second-order valence-corrected chi connectivity index (χ2v) is 8.57. The number of benzene rings is 1. The third-order valence-corrected chi connectivity index (χ3v) is 6.38. The normalized spacial score (nSPS) is 19.0. The molecule has 144 valence electrons. The van der Waals surface area contributed by atoms with Crippen LogP contribution in [0.4, 0.5) is 0 Å². The number of carbonyl (C=O) groups is 1. The van der Waals surface area contributed by atoms with Crippen molar-refractivity contribution in [2.75, 3.05) is 13.1 Å². The fourth-order valence-electron chi connectivity index (χ4n) is 4.43. The largest absolute Gasteiger partial charge is 0.345 e. The molecule has 0 spiro atoms. The number of carbonyl (C=O) groups excluding carboxylic acids is 1. The molecular formula is C20H25BrN4O2. The lowest BCUT2D eigenvalue weighted by Crippen LogP contribution is -2.38. The quantitative estimate of drug-likeness (QED) is 0.745. The standard InChI is InChI=1S/C20H25BrN4O2/c1-23-20(27)25(17-7-2-3-8-17)18(22-23)14-9-11-24(12-10-14)19(26)15-5-4-6-16(21)13-15/h4-6,13-14,17H,2-3,7-12H2,1H3. The molecule has 0 unspecified atom stereocenters. The van der Waals surface area contributed by atoms with E-state index in [0.717, 1.165) is 36.0 Å². The molecule has 2 aromatic rings. The zero-order chi connectivity index (χ0) is 19.0. The molecule has 1 aliphatic carbocycles. The molecule has 0 radical (unpaired) electrons. The maximum Gasteiger partial charge on any atom is 0.345 e.